The van der Waals surface area contributed by atoms with Gasteiger partial charge in [0, 0.05) is 24.0 Å². The standard InChI is InChI=1S/C28H34N4O5S/c1-17-5-10-21-22(29)23(38-25(21)31-17)24(33)30-12-11-18-6-8-19(9-7-18)36-20-13-28(35-14-20)15-32(16-28)26(34)37-27(2,3)4/h5-10,20H,11-16,29H2,1-4H3,(H,30,33)/t20-/m0/s1. The van der Waals surface area contributed by atoms with Gasteiger partial charge in [0.1, 0.15) is 32.8 Å². The molecule has 38 heavy (non-hydrogen) atoms. The molecule has 0 saturated carbocycles. The molecule has 0 bridgehead atoms. The van der Waals surface area contributed by atoms with Gasteiger partial charge in [0.25, 0.3) is 5.91 Å². The maximum atomic E-state index is 12.7. The van der Waals surface area contributed by atoms with Crippen molar-refractivity contribution in [2.24, 2.45) is 0 Å². The van der Waals surface area contributed by atoms with Crippen LogP contribution in [0.4, 0.5) is 10.5 Å². The Hall–Kier alpha value is -3.37. The fourth-order valence-corrected chi connectivity index (χ4v) is 5.85. The fourth-order valence-electron chi connectivity index (χ4n) is 4.79. The number of thiophene rings is 1. The van der Waals surface area contributed by atoms with Crippen LogP contribution in [0.25, 0.3) is 10.2 Å². The predicted octanol–water partition coefficient (Wildman–Crippen LogP) is 4.32. The van der Waals surface area contributed by atoms with E-state index in [1.54, 1.807) is 4.90 Å². The second-order valence-corrected chi connectivity index (χ2v) is 12.1. The molecular weight excluding hydrogens is 504 g/mol. The molecule has 1 spiro atoms. The maximum Gasteiger partial charge on any atom is 0.410 e. The number of nitrogens with two attached hydrogens (primary N) is 1. The molecule has 1 aromatic carbocycles. The minimum atomic E-state index is -0.510. The summed E-state index contributed by atoms with van der Waals surface area (Å²) >= 11 is 1.32. The summed E-state index contributed by atoms with van der Waals surface area (Å²) in [6.07, 6.45) is 1.05. The first-order valence-electron chi connectivity index (χ1n) is 12.8. The van der Waals surface area contributed by atoms with Gasteiger partial charge in [-0.05, 0) is 63.9 Å². The van der Waals surface area contributed by atoms with Crippen molar-refractivity contribution in [3.8, 4) is 5.75 Å². The first-order chi connectivity index (χ1) is 18.0. The van der Waals surface area contributed by atoms with E-state index in [-0.39, 0.29) is 23.7 Å². The maximum absolute atomic E-state index is 12.7. The number of carbonyl (C=O) groups excluding carboxylic acids is 2. The Bertz CT molecular complexity index is 1340. The van der Waals surface area contributed by atoms with Crippen LogP contribution in [-0.4, -0.2) is 65.4 Å². The Morgan fingerprint density at radius 1 is 1.21 bits per heavy atom. The summed E-state index contributed by atoms with van der Waals surface area (Å²) in [5.74, 6) is 0.590. The average Bonchev–Trinajstić information content (AvgIpc) is 3.39. The van der Waals surface area contributed by atoms with Crippen molar-refractivity contribution in [1.82, 2.24) is 15.2 Å². The Balaban J connectivity index is 1.07. The van der Waals surface area contributed by atoms with Crippen LogP contribution < -0.4 is 15.8 Å². The summed E-state index contributed by atoms with van der Waals surface area (Å²) in [4.78, 5) is 32.3. The molecule has 2 aliphatic rings. The summed E-state index contributed by atoms with van der Waals surface area (Å²) in [5.41, 5.74) is 7.80. The molecule has 202 valence electrons. The zero-order valence-electron chi connectivity index (χ0n) is 22.2. The van der Waals surface area contributed by atoms with Crippen molar-refractivity contribution < 1.29 is 23.8 Å². The molecule has 0 radical (unpaired) electrons. The lowest BCUT2D eigenvalue weighted by Crippen LogP contribution is -2.64. The highest BCUT2D eigenvalue weighted by molar-refractivity contribution is 7.21. The van der Waals surface area contributed by atoms with Crippen LogP contribution in [0.15, 0.2) is 36.4 Å². The number of nitrogens with zero attached hydrogens (tertiary/aromatic N) is 2. The molecule has 0 unspecified atom stereocenters. The molecule has 3 aromatic rings. The van der Waals surface area contributed by atoms with Crippen LogP contribution in [-0.2, 0) is 15.9 Å². The number of aromatic nitrogens is 1. The number of fused-ring (bicyclic) bond motifs is 1. The molecule has 3 N–H and O–H groups in total. The van der Waals surface area contributed by atoms with Gasteiger partial charge in [0.15, 0.2) is 0 Å². The largest absolute Gasteiger partial charge is 0.488 e. The summed E-state index contributed by atoms with van der Waals surface area (Å²) in [7, 11) is 0. The number of amides is 2. The van der Waals surface area contributed by atoms with Gasteiger partial charge >= 0.3 is 6.09 Å². The van der Waals surface area contributed by atoms with Gasteiger partial charge in [-0.15, -0.1) is 11.3 Å². The number of nitrogen functional groups attached to an aromatic ring is 1. The molecular formula is C28H34N4O5S. The third kappa shape index (κ3) is 5.71. The molecule has 10 heteroatoms. The molecule has 0 aliphatic carbocycles. The van der Waals surface area contributed by atoms with Gasteiger partial charge in [0.2, 0.25) is 0 Å². The molecule has 9 nitrogen and oxygen atoms in total. The van der Waals surface area contributed by atoms with Gasteiger partial charge in [-0.2, -0.15) is 0 Å². The van der Waals surface area contributed by atoms with Crippen molar-refractivity contribution in [2.75, 3.05) is 32.0 Å². The lowest BCUT2D eigenvalue weighted by atomic mass is 9.90. The fraction of sp³-hybridized carbons (Fsp3) is 0.464. The number of benzene rings is 1. The van der Waals surface area contributed by atoms with Crippen molar-refractivity contribution >= 4 is 39.2 Å². The number of pyridine rings is 1. The van der Waals surface area contributed by atoms with E-state index < -0.39 is 5.60 Å². The van der Waals surface area contributed by atoms with E-state index in [1.807, 2.05) is 64.1 Å². The smallest absolute Gasteiger partial charge is 0.410 e. The quantitative estimate of drug-likeness (QED) is 0.480. The molecule has 5 rings (SSSR count). The Morgan fingerprint density at radius 2 is 1.95 bits per heavy atom. The number of nitrogens with one attached hydrogen (secondary N) is 1. The van der Waals surface area contributed by atoms with E-state index in [1.165, 1.54) is 11.3 Å². The normalized spacial score (nSPS) is 18.4. The van der Waals surface area contributed by atoms with E-state index >= 15 is 0 Å². The van der Waals surface area contributed by atoms with Crippen LogP contribution in [0, 0.1) is 6.92 Å². The predicted molar refractivity (Wildman–Crippen MR) is 147 cm³/mol. The lowest BCUT2D eigenvalue weighted by molar-refractivity contribution is -0.109. The molecule has 2 amide bonds. The third-order valence-corrected chi connectivity index (χ3v) is 7.76. The minimum absolute atomic E-state index is 0.0639. The molecule has 2 saturated heterocycles. The van der Waals surface area contributed by atoms with E-state index in [4.69, 9.17) is 19.9 Å². The number of carbonyl (C=O) groups is 2. The Labute approximate surface area is 226 Å². The van der Waals surface area contributed by atoms with Crippen LogP contribution in [0.1, 0.15) is 48.1 Å². The topological polar surface area (TPSA) is 116 Å². The van der Waals surface area contributed by atoms with Gasteiger partial charge < -0.3 is 30.2 Å². The van der Waals surface area contributed by atoms with E-state index in [9.17, 15) is 9.59 Å². The number of hydrogen-bond donors (Lipinski definition) is 2. The van der Waals surface area contributed by atoms with Gasteiger partial charge in [-0.25, -0.2) is 9.78 Å². The van der Waals surface area contributed by atoms with Crippen LogP contribution in [0.2, 0.25) is 0 Å². The molecule has 1 atom stereocenters. The summed E-state index contributed by atoms with van der Waals surface area (Å²) in [6.45, 7) is 9.53. The average molecular weight is 539 g/mol. The van der Waals surface area contributed by atoms with Crippen LogP contribution in [0.5, 0.6) is 5.75 Å². The van der Waals surface area contributed by atoms with Crippen molar-refractivity contribution in [2.45, 2.75) is 57.8 Å². The number of rotatable bonds is 6. The zero-order chi connectivity index (χ0) is 27.1. The van der Waals surface area contributed by atoms with Gasteiger partial charge in [-0.1, -0.05) is 12.1 Å². The molecule has 4 heterocycles. The summed E-state index contributed by atoms with van der Waals surface area (Å²) in [5, 5.41) is 3.78. The monoisotopic (exact) mass is 538 g/mol. The molecule has 2 aliphatic heterocycles. The summed E-state index contributed by atoms with van der Waals surface area (Å²) < 4.78 is 17.6. The molecule has 2 fully saturated rings. The number of likely N-dealkylation sites (tertiary alicyclic amines) is 1. The number of aryl methyl sites for hydroxylation is 1. The first-order valence-corrected chi connectivity index (χ1v) is 13.6. The second kappa shape index (κ2) is 10.1. The SMILES string of the molecule is Cc1ccc2c(N)c(C(=O)NCCc3ccc(O[C@@H]4COC5(C4)CN(C(=O)OC(C)(C)C)C5)cc3)sc2n1. The third-order valence-electron chi connectivity index (χ3n) is 6.65. The van der Waals surface area contributed by atoms with Gasteiger partial charge in [-0.3, -0.25) is 4.79 Å². The Kier molecular flexibility index (Phi) is 6.96. The van der Waals surface area contributed by atoms with Crippen molar-refractivity contribution in [3.05, 3.63) is 52.5 Å². The van der Waals surface area contributed by atoms with Crippen LogP contribution in [0.3, 0.4) is 0 Å². The highest BCUT2D eigenvalue weighted by Gasteiger charge is 2.53. The lowest BCUT2D eigenvalue weighted by Gasteiger charge is -2.46. The second-order valence-electron chi connectivity index (χ2n) is 11.1. The Morgan fingerprint density at radius 3 is 2.66 bits per heavy atom. The number of anilines is 1. The first kappa shape index (κ1) is 26.2. The van der Waals surface area contributed by atoms with Crippen molar-refractivity contribution in [1.29, 1.82) is 0 Å². The highest BCUT2D eigenvalue weighted by Crippen LogP contribution is 2.37. The van der Waals surface area contributed by atoms with E-state index in [0.29, 0.717) is 43.2 Å². The van der Waals surface area contributed by atoms with Crippen LogP contribution >= 0.6 is 11.3 Å². The summed E-state index contributed by atoms with van der Waals surface area (Å²) in [6, 6.07) is 11.7. The highest BCUT2D eigenvalue weighted by atomic mass is 32.1. The number of hydrogen-bond acceptors (Lipinski definition) is 8. The van der Waals surface area contributed by atoms with E-state index in [2.05, 4.69) is 10.3 Å². The van der Waals surface area contributed by atoms with Gasteiger partial charge in [0.05, 0.1) is 25.4 Å². The number of ether oxygens (including phenoxy) is 3. The minimum Gasteiger partial charge on any atom is -0.488 e. The molecule has 2 aromatic heterocycles. The van der Waals surface area contributed by atoms with Crippen molar-refractivity contribution in [3.63, 3.8) is 0 Å². The van der Waals surface area contributed by atoms with E-state index in [0.717, 1.165) is 33.6 Å². The zero-order valence-corrected chi connectivity index (χ0v) is 23.0.